The Labute approximate surface area is 173 Å². The molecule has 1 aromatic rings. The van der Waals surface area contributed by atoms with Crippen LogP contribution in [-0.4, -0.2) is 59.1 Å². The van der Waals surface area contributed by atoms with Crippen LogP contribution >= 0.6 is 11.3 Å². The third-order valence-electron chi connectivity index (χ3n) is 4.68. The number of piperidine rings is 1. The van der Waals surface area contributed by atoms with E-state index in [0.717, 1.165) is 35.0 Å². The van der Waals surface area contributed by atoms with Gasteiger partial charge in [-0.2, -0.15) is 0 Å². The molecule has 0 aliphatic carbocycles. The van der Waals surface area contributed by atoms with E-state index in [9.17, 15) is 9.59 Å². The molecule has 28 heavy (non-hydrogen) atoms. The highest BCUT2D eigenvalue weighted by molar-refractivity contribution is 7.14. The molecular weight excluding hydrogens is 374 g/mol. The maximum absolute atomic E-state index is 13.1. The van der Waals surface area contributed by atoms with E-state index in [1.165, 1.54) is 11.3 Å². The van der Waals surface area contributed by atoms with Crippen molar-refractivity contribution < 1.29 is 14.3 Å². The van der Waals surface area contributed by atoms with Crippen LogP contribution in [0.4, 0.5) is 4.79 Å². The summed E-state index contributed by atoms with van der Waals surface area (Å²) in [7, 11) is 1.76. The van der Waals surface area contributed by atoms with Crippen molar-refractivity contribution in [3.05, 3.63) is 15.6 Å². The molecule has 0 aromatic carbocycles. The van der Waals surface area contributed by atoms with E-state index in [0.29, 0.717) is 13.1 Å². The van der Waals surface area contributed by atoms with E-state index in [4.69, 9.17) is 4.74 Å². The Balaban J connectivity index is 2.02. The minimum atomic E-state index is -0.506. The summed E-state index contributed by atoms with van der Waals surface area (Å²) >= 11 is 1.51. The number of rotatable bonds is 3. The molecule has 0 saturated carbocycles. The van der Waals surface area contributed by atoms with Crippen molar-refractivity contribution in [3.8, 4) is 0 Å². The van der Waals surface area contributed by atoms with Crippen molar-refractivity contribution in [2.45, 2.75) is 72.3 Å². The van der Waals surface area contributed by atoms with Gasteiger partial charge in [0.15, 0.2) is 0 Å². The Morgan fingerprint density at radius 1 is 1.25 bits per heavy atom. The average Bonchev–Trinajstić information content (AvgIpc) is 2.95. The Morgan fingerprint density at radius 3 is 2.43 bits per heavy atom. The molecule has 0 radical (unpaired) electrons. The van der Waals surface area contributed by atoms with Crippen LogP contribution in [0.25, 0.3) is 0 Å². The molecule has 0 bridgehead atoms. The third-order valence-corrected chi connectivity index (χ3v) is 6.25. The lowest BCUT2D eigenvalue weighted by molar-refractivity contribution is 0.0244. The fourth-order valence-electron chi connectivity index (χ4n) is 3.26. The number of hydrogen-bond donors (Lipinski definition) is 0. The minimum absolute atomic E-state index is 0.0610. The Kier molecular flexibility index (Phi) is 6.79. The van der Waals surface area contributed by atoms with Gasteiger partial charge in [0.25, 0.3) is 5.91 Å². The number of aromatic nitrogens is 1. The van der Waals surface area contributed by atoms with Crippen molar-refractivity contribution in [1.29, 1.82) is 0 Å². The number of thiazole rings is 1. The summed E-state index contributed by atoms with van der Waals surface area (Å²) < 4.78 is 5.43. The van der Waals surface area contributed by atoms with Gasteiger partial charge in [0, 0.05) is 32.1 Å². The lowest BCUT2D eigenvalue weighted by atomic mass is 9.97. The van der Waals surface area contributed by atoms with Crippen LogP contribution in [0.3, 0.4) is 0 Å². The second-order valence-electron chi connectivity index (χ2n) is 9.80. The summed E-state index contributed by atoms with van der Waals surface area (Å²) in [4.78, 5) is 34.2. The molecule has 2 amide bonds. The van der Waals surface area contributed by atoms with Gasteiger partial charge in [-0.15, -0.1) is 11.3 Å². The SMILES string of the molecule is Cc1nc(C(C)(C)C)sc1C(=O)N1CCCC(CN(C)C(=O)OC(C)(C)C)C1. The summed E-state index contributed by atoms with van der Waals surface area (Å²) in [6, 6.07) is 0. The molecule has 1 aliphatic rings. The number of carbonyl (C=O) groups is 2. The molecule has 158 valence electrons. The molecule has 2 heterocycles. The summed E-state index contributed by atoms with van der Waals surface area (Å²) in [6.45, 7) is 15.9. The smallest absolute Gasteiger partial charge is 0.410 e. The van der Waals surface area contributed by atoms with Crippen LogP contribution in [-0.2, 0) is 10.2 Å². The van der Waals surface area contributed by atoms with E-state index in [2.05, 4.69) is 25.8 Å². The molecule has 1 fully saturated rings. The summed E-state index contributed by atoms with van der Waals surface area (Å²) in [5.41, 5.74) is 0.246. The first-order valence-corrected chi connectivity index (χ1v) is 10.8. The predicted molar refractivity (Wildman–Crippen MR) is 113 cm³/mol. The third kappa shape index (κ3) is 5.93. The van der Waals surface area contributed by atoms with Gasteiger partial charge in [0.05, 0.1) is 10.7 Å². The Bertz CT molecular complexity index is 715. The first-order chi connectivity index (χ1) is 12.8. The molecule has 1 aliphatic heterocycles. The second kappa shape index (κ2) is 8.39. The Hall–Kier alpha value is -1.63. The lowest BCUT2D eigenvalue weighted by Gasteiger charge is -2.35. The van der Waals surface area contributed by atoms with Gasteiger partial charge >= 0.3 is 6.09 Å². The molecule has 6 nitrogen and oxygen atoms in total. The molecule has 0 N–H and O–H groups in total. The number of amides is 2. The molecule has 1 atom stereocenters. The van der Waals surface area contributed by atoms with Gasteiger partial charge in [-0.05, 0) is 46.5 Å². The normalized spacial score (nSPS) is 18.1. The van der Waals surface area contributed by atoms with Gasteiger partial charge in [-0.3, -0.25) is 4.79 Å². The number of likely N-dealkylation sites (tertiary alicyclic amines) is 1. The van der Waals surface area contributed by atoms with E-state index < -0.39 is 5.60 Å². The van der Waals surface area contributed by atoms with Gasteiger partial charge in [0.1, 0.15) is 10.5 Å². The van der Waals surface area contributed by atoms with E-state index in [1.807, 2.05) is 32.6 Å². The quantitative estimate of drug-likeness (QED) is 0.739. The average molecular weight is 410 g/mol. The van der Waals surface area contributed by atoms with Crippen molar-refractivity contribution in [1.82, 2.24) is 14.8 Å². The van der Waals surface area contributed by atoms with Crippen LogP contribution in [0.2, 0.25) is 0 Å². The maximum atomic E-state index is 13.1. The predicted octanol–water partition coefficient (Wildman–Crippen LogP) is 4.47. The zero-order chi connectivity index (χ0) is 21.3. The maximum Gasteiger partial charge on any atom is 0.410 e. The summed E-state index contributed by atoms with van der Waals surface area (Å²) in [5.74, 6) is 0.320. The fourth-order valence-corrected chi connectivity index (χ4v) is 4.35. The second-order valence-corrected chi connectivity index (χ2v) is 10.8. The summed E-state index contributed by atoms with van der Waals surface area (Å²) in [6.07, 6.45) is 1.64. The molecule has 0 spiro atoms. The first kappa shape index (κ1) is 22.7. The highest BCUT2D eigenvalue weighted by atomic mass is 32.1. The largest absolute Gasteiger partial charge is 0.444 e. The number of aryl methyl sites for hydroxylation is 1. The molecule has 7 heteroatoms. The molecule has 2 rings (SSSR count). The van der Waals surface area contributed by atoms with E-state index >= 15 is 0 Å². The van der Waals surface area contributed by atoms with Crippen molar-refractivity contribution >= 4 is 23.3 Å². The zero-order valence-corrected chi connectivity index (χ0v) is 19.4. The molecular formula is C21H35N3O3S. The van der Waals surface area contributed by atoms with E-state index in [-0.39, 0.29) is 23.3 Å². The van der Waals surface area contributed by atoms with Crippen LogP contribution in [0.15, 0.2) is 0 Å². The van der Waals surface area contributed by atoms with Crippen molar-refractivity contribution in [3.63, 3.8) is 0 Å². The number of hydrogen-bond acceptors (Lipinski definition) is 5. The van der Waals surface area contributed by atoms with Crippen molar-refractivity contribution in [2.24, 2.45) is 5.92 Å². The van der Waals surface area contributed by atoms with Crippen LogP contribution in [0.5, 0.6) is 0 Å². The van der Waals surface area contributed by atoms with Crippen LogP contribution in [0, 0.1) is 12.8 Å². The van der Waals surface area contributed by atoms with Gasteiger partial charge in [-0.1, -0.05) is 20.8 Å². The number of nitrogens with zero attached hydrogens (tertiary/aromatic N) is 3. The topological polar surface area (TPSA) is 62.7 Å². The van der Waals surface area contributed by atoms with Crippen LogP contribution in [0.1, 0.15) is 74.8 Å². The first-order valence-electron chi connectivity index (χ1n) is 9.99. The molecule has 1 saturated heterocycles. The van der Waals surface area contributed by atoms with Crippen molar-refractivity contribution in [2.75, 3.05) is 26.7 Å². The zero-order valence-electron chi connectivity index (χ0n) is 18.6. The highest BCUT2D eigenvalue weighted by Gasteiger charge is 2.30. The number of carbonyl (C=O) groups excluding carboxylic acids is 2. The lowest BCUT2D eigenvalue weighted by Crippen LogP contribution is -2.45. The fraction of sp³-hybridized carbons (Fsp3) is 0.762. The minimum Gasteiger partial charge on any atom is -0.444 e. The molecule has 1 unspecified atom stereocenters. The highest BCUT2D eigenvalue weighted by Crippen LogP contribution is 2.31. The van der Waals surface area contributed by atoms with Crippen LogP contribution < -0.4 is 0 Å². The van der Waals surface area contributed by atoms with Gasteiger partial charge in [-0.25, -0.2) is 9.78 Å². The van der Waals surface area contributed by atoms with E-state index in [1.54, 1.807) is 11.9 Å². The number of ether oxygens (including phenoxy) is 1. The van der Waals surface area contributed by atoms with Gasteiger partial charge in [0.2, 0.25) is 0 Å². The summed E-state index contributed by atoms with van der Waals surface area (Å²) in [5, 5.41) is 0.992. The monoisotopic (exact) mass is 409 g/mol. The Morgan fingerprint density at radius 2 is 1.89 bits per heavy atom. The molecule has 1 aromatic heterocycles. The standard InChI is InChI=1S/C21H35N3O3S/c1-14-16(28-18(22-14)20(2,3)4)17(25)24-11-9-10-15(13-24)12-23(8)19(26)27-21(5,6)7/h15H,9-13H2,1-8H3. The van der Waals surface area contributed by atoms with Gasteiger partial charge < -0.3 is 14.5 Å².